The minimum atomic E-state index is -0.690. The van der Waals surface area contributed by atoms with E-state index in [0.717, 1.165) is 0 Å². The average Bonchev–Trinajstić information content (AvgIpc) is 2.88. The van der Waals surface area contributed by atoms with E-state index >= 15 is 0 Å². The van der Waals surface area contributed by atoms with Crippen LogP contribution in [0.25, 0.3) is 0 Å². The number of allylic oxidation sites excluding steroid dienone is 2. The summed E-state index contributed by atoms with van der Waals surface area (Å²) in [5.74, 6) is -0.371. The molecule has 0 saturated carbocycles. The van der Waals surface area contributed by atoms with E-state index in [9.17, 15) is 9.59 Å². The predicted molar refractivity (Wildman–Crippen MR) is 146 cm³/mol. The van der Waals surface area contributed by atoms with Gasteiger partial charge in [-0.25, -0.2) is 0 Å². The van der Waals surface area contributed by atoms with E-state index in [4.69, 9.17) is 21.1 Å². The topological polar surface area (TPSA) is 88.7 Å². The lowest BCUT2D eigenvalue weighted by Crippen LogP contribution is -2.35. The third-order valence-corrected chi connectivity index (χ3v) is 6.38. The van der Waals surface area contributed by atoms with Crippen molar-refractivity contribution in [3.63, 3.8) is 0 Å². The summed E-state index contributed by atoms with van der Waals surface area (Å²) in [4.78, 5) is 27.6. The lowest BCUT2D eigenvalue weighted by molar-refractivity contribution is -0.113. The molecule has 4 rings (SSSR count). The van der Waals surface area contributed by atoms with Crippen LogP contribution in [-0.4, -0.2) is 26.0 Å². The van der Waals surface area contributed by atoms with Gasteiger partial charge in [-0.2, -0.15) is 0 Å². The van der Waals surface area contributed by atoms with Crippen LogP contribution in [-0.2, 0) is 9.59 Å². The summed E-state index contributed by atoms with van der Waals surface area (Å²) < 4.78 is 10.8. The maximum absolute atomic E-state index is 13.8. The first-order chi connectivity index (χ1) is 17.8. The quantitative estimate of drug-likeness (QED) is 0.365. The molecule has 8 heteroatoms. The summed E-state index contributed by atoms with van der Waals surface area (Å²) in [5, 5.41) is 9.62. The van der Waals surface area contributed by atoms with Crippen molar-refractivity contribution in [1.29, 1.82) is 0 Å². The van der Waals surface area contributed by atoms with Gasteiger partial charge >= 0.3 is 0 Å². The van der Waals surface area contributed by atoms with Crippen LogP contribution >= 0.6 is 11.6 Å². The normalized spacial score (nSPS) is 13.6. The number of rotatable bonds is 7. The number of dihydropyridines is 1. The molecule has 190 valence electrons. The molecule has 1 aliphatic rings. The highest BCUT2D eigenvalue weighted by molar-refractivity contribution is 6.30. The summed E-state index contributed by atoms with van der Waals surface area (Å²) in [6.07, 6.45) is 0. The van der Waals surface area contributed by atoms with E-state index in [2.05, 4.69) is 16.0 Å². The number of hydrogen-bond acceptors (Lipinski definition) is 5. The zero-order valence-corrected chi connectivity index (χ0v) is 21.8. The Bertz CT molecular complexity index is 1330. The van der Waals surface area contributed by atoms with E-state index in [0.29, 0.717) is 56.0 Å². The second kappa shape index (κ2) is 11.2. The van der Waals surface area contributed by atoms with Gasteiger partial charge in [0.2, 0.25) is 0 Å². The minimum Gasteiger partial charge on any atom is -0.495 e. The van der Waals surface area contributed by atoms with Crippen LogP contribution in [0.5, 0.6) is 11.5 Å². The highest BCUT2D eigenvalue weighted by Crippen LogP contribution is 2.40. The number of methoxy groups -OCH3 is 2. The zero-order valence-electron chi connectivity index (χ0n) is 21.0. The Morgan fingerprint density at radius 3 is 1.70 bits per heavy atom. The highest BCUT2D eigenvalue weighted by atomic mass is 35.5. The van der Waals surface area contributed by atoms with Gasteiger partial charge in [-0.15, -0.1) is 0 Å². The van der Waals surface area contributed by atoms with Crippen LogP contribution in [0.2, 0.25) is 5.02 Å². The minimum absolute atomic E-state index is 0.366. The summed E-state index contributed by atoms with van der Waals surface area (Å²) in [7, 11) is 3.08. The molecule has 1 aliphatic heterocycles. The molecule has 0 atom stereocenters. The van der Waals surface area contributed by atoms with Gasteiger partial charge in [-0.3, -0.25) is 9.59 Å². The molecule has 0 saturated heterocycles. The van der Waals surface area contributed by atoms with Gasteiger partial charge in [0.1, 0.15) is 11.5 Å². The van der Waals surface area contributed by atoms with Crippen molar-refractivity contribution >= 4 is 34.8 Å². The van der Waals surface area contributed by atoms with Gasteiger partial charge < -0.3 is 25.4 Å². The first kappa shape index (κ1) is 25.9. The van der Waals surface area contributed by atoms with Gasteiger partial charge in [0.05, 0.1) is 25.6 Å². The number of halogens is 1. The first-order valence-corrected chi connectivity index (χ1v) is 12.0. The number of nitrogens with one attached hydrogen (secondary N) is 3. The monoisotopic (exact) mass is 517 g/mol. The Morgan fingerprint density at radius 2 is 1.24 bits per heavy atom. The Labute approximate surface area is 221 Å². The molecule has 37 heavy (non-hydrogen) atoms. The second-order valence-corrected chi connectivity index (χ2v) is 8.94. The Kier molecular flexibility index (Phi) is 7.84. The lowest BCUT2D eigenvalue weighted by Gasteiger charge is -2.31. The Morgan fingerprint density at radius 1 is 0.757 bits per heavy atom. The van der Waals surface area contributed by atoms with Crippen LogP contribution in [0.15, 0.2) is 95.3 Å². The van der Waals surface area contributed by atoms with Gasteiger partial charge in [0.25, 0.3) is 11.8 Å². The zero-order chi connectivity index (χ0) is 26.5. The Balaban J connectivity index is 1.78. The summed E-state index contributed by atoms with van der Waals surface area (Å²) in [6.45, 7) is 3.63. The van der Waals surface area contributed by atoms with Crippen molar-refractivity contribution in [3.05, 3.63) is 106 Å². The SMILES string of the molecule is COc1ccccc1NC(=O)C1=C(C)NC(C)=C(C(=O)Nc2ccccc2OC)C1c1cccc(Cl)c1. The summed E-state index contributed by atoms with van der Waals surface area (Å²) in [5.41, 5.74) is 3.79. The molecule has 0 aromatic heterocycles. The van der Waals surface area contributed by atoms with E-state index in [1.54, 1.807) is 56.7 Å². The predicted octanol–water partition coefficient (Wildman–Crippen LogP) is 5.87. The molecule has 1 heterocycles. The number of carbonyl (C=O) groups is 2. The standard InChI is InChI=1S/C29H28ClN3O4/c1-17-25(28(34)32-21-12-5-7-14-23(21)36-3)27(19-10-9-11-20(30)16-19)26(18(2)31-17)29(35)33-22-13-6-8-15-24(22)37-4/h5-16,27,31H,1-4H3,(H,32,34)(H,33,35). The largest absolute Gasteiger partial charge is 0.495 e. The molecule has 2 amide bonds. The fourth-order valence-electron chi connectivity index (χ4n) is 4.49. The van der Waals surface area contributed by atoms with Crippen LogP contribution < -0.4 is 25.4 Å². The van der Waals surface area contributed by atoms with Crippen molar-refractivity contribution in [2.45, 2.75) is 19.8 Å². The third kappa shape index (κ3) is 5.47. The molecule has 0 unspecified atom stereocenters. The van der Waals surface area contributed by atoms with Gasteiger partial charge in [0, 0.05) is 33.5 Å². The summed E-state index contributed by atoms with van der Waals surface area (Å²) in [6, 6.07) is 21.5. The van der Waals surface area contributed by atoms with E-state index < -0.39 is 5.92 Å². The number of ether oxygens (including phenoxy) is 2. The number of hydrogen-bond donors (Lipinski definition) is 3. The smallest absolute Gasteiger partial charge is 0.254 e. The number of amides is 2. The molecule has 3 aromatic rings. The maximum atomic E-state index is 13.8. The fraction of sp³-hybridized carbons (Fsp3) is 0.172. The van der Waals surface area contributed by atoms with Crippen molar-refractivity contribution in [2.24, 2.45) is 0 Å². The van der Waals surface area contributed by atoms with Crippen molar-refractivity contribution in [2.75, 3.05) is 24.9 Å². The van der Waals surface area contributed by atoms with E-state index in [1.165, 1.54) is 0 Å². The van der Waals surface area contributed by atoms with Crippen molar-refractivity contribution < 1.29 is 19.1 Å². The lowest BCUT2D eigenvalue weighted by atomic mass is 9.79. The molecule has 0 spiro atoms. The number of carbonyl (C=O) groups excluding carboxylic acids is 2. The molecule has 0 bridgehead atoms. The highest BCUT2D eigenvalue weighted by Gasteiger charge is 2.37. The molecular formula is C29H28ClN3O4. The van der Waals surface area contributed by atoms with Crippen LogP contribution in [0, 0.1) is 0 Å². The first-order valence-electron chi connectivity index (χ1n) is 11.7. The average molecular weight is 518 g/mol. The van der Waals surface area contributed by atoms with Crippen molar-refractivity contribution in [3.8, 4) is 11.5 Å². The van der Waals surface area contributed by atoms with Crippen molar-refractivity contribution in [1.82, 2.24) is 5.32 Å². The van der Waals surface area contributed by atoms with E-state index in [1.807, 2.05) is 44.2 Å². The van der Waals surface area contributed by atoms with Gasteiger partial charge in [0.15, 0.2) is 0 Å². The van der Waals surface area contributed by atoms with Gasteiger partial charge in [-0.1, -0.05) is 48.0 Å². The Hall–Kier alpha value is -4.23. The maximum Gasteiger partial charge on any atom is 0.254 e. The van der Waals surface area contributed by atoms with Crippen LogP contribution in [0.1, 0.15) is 25.3 Å². The molecule has 0 fully saturated rings. The fourth-order valence-corrected chi connectivity index (χ4v) is 4.69. The van der Waals surface area contributed by atoms with Crippen LogP contribution in [0.4, 0.5) is 11.4 Å². The number of benzene rings is 3. The molecule has 7 nitrogen and oxygen atoms in total. The van der Waals surface area contributed by atoms with Gasteiger partial charge in [-0.05, 0) is 55.8 Å². The number of anilines is 2. The molecular weight excluding hydrogens is 490 g/mol. The molecule has 3 aromatic carbocycles. The molecule has 3 N–H and O–H groups in total. The summed E-state index contributed by atoms with van der Waals surface area (Å²) >= 11 is 6.35. The molecule has 0 radical (unpaired) electrons. The van der Waals surface area contributed by atoms with Crippen LogP contribution in [0.3, 0.4) is 0 Å². The second-order valence-electron chi connectivity index (χ2n) is 8.50. The number of para-hydroxylation sites is 4. The third-order valence-electron chi connectivity index (χ3n) is 6.14. The van der Waals surface area contributed by atoms with E-state index in [-0.39, 0.29) is 11.8 Å². The molecule has 0 aliphatic carbocycles.